The van der Waals surface area contributed by atoms with Gasteiger partial charge in [0.15, 0.2) is 11.6 Å². The van der Waals surface area contributed by atoms with E-state index in [1.54, 1.807) is 0 Å². The van der Waals surface area contributed by atoms with Gasteiger partial charge < -0.3 is 5.32 Å². The molecule has 2 bridgehead atoms. The van der Waals surface area contributed by atoms with E-state index in [1.807, 2.05) is 0 Å². The zero-order chi connectivity index (χ0) is 12.0. The van der Waals surface area contributed by atoms with Crippen molar-refractivity contribution in [2.45, 2.75) is 43.7 Å². The maximum atomic E-state index is 13.8. The largest absolute Gasteiger partial charge is 0.311 e. The first-order chi connectivity index (χ1) is 8.15. The molecule has 17 heavy (non-hydrogen) atoms. The fourth-order valence-electron chi connectivity index (χ4n) is 3.21. The van der Waals surface area contributed by atoms with Crippen LogP contribution in [-0.2, 0) is 0 Å². The minimum Gasteiger partial charge on any atom is -0.311 e. The van der Waals surface area contributed by atoms with Crippen molar-refractivity contribution in [2.75, 3.05) is 0 Å². The molecular formula is C13H14ClF2N. The molecule has 0 saturated carbocycles. The Labute approximate surface area is 104 Å². The van der Waals surface area contributed by atoms with Crippen molar-refractivity contribution in [3.63, 3.8) is 0 Å². The molecule has 3 rings (SSSR count). The fraction of sp³-hybridized carbons (Fsp3) is 0.538. The van der Waals surface area contributed by atoms with Crippen LogP contribution in [0.15, 0.2) is 12.1 Å². The molecule has 1 nitrogen and oxygen atoms in total. The summed E-state index contributed by atoms with van der Waals surface area (Å²) in [6.07, 6.45) is 3.98. The van der Waals surface area contributed by atoms with Crippen molar-refractivity contribution in [1.29, 1.82) is 0 Å². The number of piperidine rings is 1. The van der Waals surface area contributed by atoms with Crippen LogP contribution >= 0.6 is 11.6 Å². The van der Waals surface area contributed by atoms with E-state index in [4.69, 9.17) is 11.6 Å². The zero-order valence-electron chi connectivity index (χ0n) is 9.35. The van der Waals surface area contributed by atoms with Crippen molar-refractivity contribution in [3.8, 4) is 0 Å². The predicted octanol–water partition coefficient (Wildman–Crippen LogP) is 3.62. The molecule has 1 N–H and O–H groups in total. The average Bonchev–Trinajstić information content (AvgIpc) is 2.64. The molecule has 0 spiro atoms. The van der Waals surface area contributed by atoms with E-state index in [0.717, 1.165) is 31.7 Å². The second-order valence-electron chi connectivity index (χ2n) is 5.06. The number of hydrogen-bond acceptors (Lipinski definition) is 1. The van der Waals surface area contributed by atoms with Gasteiger partial charge in [-0.05, 0) is 43.7 Å². The van der Waals surface area contributed by atoms with Crippen LogP contribution in [0.1, 0.15) is 37.2 Å². The Kier molecular flexibility index (Phi) is 2.83. The summed E-state index contributed by atoms with van der Waals surface area (Å²) in [5.74, 6) is -1.50. The van der Waals surface area contributed by atoms with Crippen LogP contribution in [0.2, 0.25) is 5.02 Å². The van der Waals surface area contributed by atoms with Gasteiger partial charge in [0, 0.05) is 22.7 Å². The first-order valence-corrected chi connectivity index (χ1v) is 6.42. The van der Waals surface area contributed by atoms with Gasteiger partial charge in [0.1, 0.15) is 0 Å². The quantitative estimate of drug-likeness (QED) is 0.758. The minimum atomic E-state index is -0.796. The molecule has 0 amide bonds. The molecular weight excluding hydrogens is 244 g/mol. The normalized spacial score (nSPS) is 31.8. The number of hydrogen-bond donors (Lipinski definition) is 1. The third-order valence-electron chi connectivity index (χ3n) is 3.96. The molecule has 0 aliphatic carbocycles. The van der Waals surface area contributed by atoms with Crippen LogP contribution in [0, 0.1) is 11.6 Å². The molecule has 1 aromatic carbocycles. The Balaban J connectivity index is 1.96. The minimum absolute atomic E-state index is 0.0527. The number of fused-ring (bicyclic) bond motifs is 2. The van der Waals surface area contributed by atoms with E-state index in [9.17, 15) is 8.78 Å². The van der Waals surface area contributed by atoms with Gasteiger partial charge in [-0.15, -0.1) is 0 Å². The maximum Gasteiger partial charge on any atom is 0.163 e. The van der Waals surface area contributed by atoms with Crippen molar-refractivity contribution in [3.05, 3.63) is 34.4 Å². The van der Waals surface area contributed by atoms with E-state index in [0.29, 0.717) is 22.7 Å². The summed E-state index contributed by atoms with van der Waals surface area (Å²) in [5.41, 5.74) is 0.380. The highest BCUT2D eigenvalue weighted by molar-refractivity contribution is 6.31. The van der Waals surface area contributed by atoms with Crippen LogP contribution in [-0.4, -0.2) is 12.1 Å². The van der Waals surface area contributed by atoms with Gasteiger partial charge in [0.2, 0.25) is 0 Å². The highest BCUT2D eigenvalue weighted by atomic mass is 35.5. The molecule has 2 unspecified atom stereocenters. The van der Waals surface area contributed by atoms with Crippen LogP contribution in [0.3, 0.4) is 0 Å². The molecule has 1 aromatic rings. The Morgan fingerprint density at radius 1 is 1.12 bits per heavy atom. The standard InChI is InChI=1S/C13H14ClF2N/c14-10-3-4-11(15)13(16)12(10)7-5-8-1-2-9(6-7)17-8/h3-4,7-9,17H,1-2,5-6H2. The topological polar surface area (TPSA) is 12.0 Å². The van der Waals surface area contributed by atoms with E-state index < -0.39 is 11.6 Å². The lowest BCUT2D eigenvalue weighted by atomic mass is 9.86. The molecule has 0 radical (unpaired) electrons. The van der Waals surface area contributed by atoms with Crippen LogP contribution in [0.5, 0.6) is 0 Å². The predicted molar refractivity (Wildman–Crippen MR) is 63.3 cm³/mol. The fourth-order valence-corrected chi connectivity index (χ4v) is 3.51. The van der Waals surface area contributed by atoms with Crippen molar-refractivity contribution in [2.24, 2.45) is 0 Å². The summed E-state index contributed by atoms with van der Waals surface area (Å²) in [6, 6.07) is 3.44. The molecule has 2 aliphatic rings. The molecule has 2 aliphatic heterocycles. The smallest absolute Gasteiger partial charge is 0.163 e. The van der Waals surface area contributed by atoms with E-state index in [-0.39, 0.29) is 5.92 Å². The maximum absolute atomic E-state index is 13.8. The monoisotopic (exact) mass is 257 g/mol. The summed E-state index contributed by atoms with van der Waals surface area (Å²) in [4.78, 5) is 0. The summed E-state index contributed by atoms with van der Waals surface area (Å²) in [5, 5.41) is 3.84. The van der Waals surface area contributed by atoms with Crippen LogP contribution in [0.25, 0.3) is 0 Å². The Hall–Kier alpha value is -0.670. The van der Waals surface area contributed by atoms with Crippen molar-refractivity contribution >= 4 is 11.6 Å². The molecule has 2 heterocycles. The Morgan fingerprint density at radius 3 is 2.41 bits per heavy atom. The molecule has 2 saturated heterocycles. The second kappa shape index (κ2) is 4.21. The zero-order valence-corrected chi connectivity index (χ0v) is 10.1. The van der Waals surface area contributed by atoms with E-state index in [1.165, 1.54) is 6.07 Å². The number of rotatable bonds is 1. The highest BCUT2D eigenvalue weighted by Gasteiger charge is 2.36. The summed E-state index contributed by atoms with van der Waals surface area (Å²) >= 11 is 6.02. The van der Waals surface area contributed by atoms with E-state index in [2.05, 4.69) is 5.32 Å². The molecule has 2 atom stereocenters. The van der Waals surface area contributed by atoms with Gasteiger partial charge >= 0.3 is 0 Å². The number of halogens is 3. The third-order valence-corrected chi connectivity index (χ3v) is 4.29. The second-order valence-corrected chi connectivity index (χ2v) is 5.47. The van der Waals surface area contributed by atoms with Crippen molar-refractivity contribution < 1.29 is 8.78 Å². The molecule has 92 valence electrons. The highest BCUT2D eigenvalue weighted by Crippen LogP contribution is 2.41. The lowest BCUT2D eigenvalue weighted by Gasteiger charge is -2.30. The molecule has 4 heteroatoms. The first-order valence-electron chi connectivity index (χ1n) is 6.04. The van der Waals surface area contributed by atoms with Gasteiger partial charge in [-0.25, -0.2) is 8.78 Å². The van der Waals surface area contributed by atoms with Crippen LogP contribution in [0.4, 0.5) is 8.78 Å². The molecule has 2 fully saturated rings. The van der Waals surface area contributed by atoms with Gasteiger partial charge in [-0.1, -0.05) is 11.6 Å². The Morgan fingerprint density at radius 2 is 1.76 bits per heavy atom. The van der Waals surface area contributed by atoms with E-state index >= 15 is 0 Å². The van der Waals surface area contributed by atoms with Crippen LogP contribution < -0.4 is 5.32 Å². The van der Waals surface area contributed by atoms with Gasteiger partial charge in [-0.3, -0.25) is 0 Å². The summed E-state index contributed by atoms with van der Waals surface area (Å²) in [7, 11) is 0. The Bertz CT molecular complexity index is 437. The lowest BCUT2D eigenvalue weighted by molar-refractivity contribution is 0.353. The number of nitrogens with one attached hydrogen (secondary N) is 1. The van der Waals surface area contributed by atoms with Crippen molar-refractivity contribution in [1.82, 2.24) is 5.32 Å². The van der Waals surface area contributed by atoms with Gasteiger partial charge in [0.25, 0.3) is 0 Å². The van der Waals surface area contributed by atoms with Gasteiger partial charge in [-0.2, -0.15) is 0 Å². The SMILES string of the molecule is Fc1ccc(Cl)c(C2CC3CCC(C2)N3)c1F. The summed E-state index contributed by atoms with van der Waals surface area (Å²) in [6.45, 7) is 0. The third kappa shape index (κ3) is 1.95. The average molecular weight is 258 g/mol. The van der Waals surface area contributed by atoms with Gasteiger partial charge in [0.05, 0.1) is 0 Å². The lowest BCUT2D eigenvalue weighted by Crippen LogP contribution is -2.37. The molecule has 0 aromatic heterocycles. The summed E-state index contributed by atoms with van der Waals surface area (Å²) < 4.78 is 27.1. The number of benzene rings is 1. The first kappa shape index (κ1) is 11.4.